The predicted octanol–water partition coefficient (Wildman–Crippen LogP) is 1.88. The number of amides is 2. The first-order valence-electron chi connectivity index (χ1n) is 12.8. The second-order valence-corrected chi connectivity index (χ2v) is 12.6. The average Bonchev–Trinajstić information content (AvgIpc) is 3.53. The van der Waals surface area contributed by atoms with Crippen molar-refractivity contribution >= 4 is 44.3 Å². The minimum Gasteiger partial charge on any atom is -0.436 e. The number of hydrogen-bond acceptors (Lipinski definition) is 7. The molecule has 0 spiro atoms. The van der Waals surface area contributed by atoms with E-state index in [1.54, 1.807) is 29.2 Å². The maximum absolute atomic E-state index is 13.6. The van der Waals surface area contributed by atoms with E-state index in [1.807, 2.05) is 6.92 Å². The molecular weight excluding hydrogens is 532 g/mol. The van der Waals surface area contributed by atoms with Crippen LogP contribution >= 0.6 is 11.6 Å². The number of nitrogens with zero attached hydrogens (tertiary/aromatic N) is 3. The Hall–Kier alpha value is -2.93. The van der Waals surface area contributed by atoms with E-state index in [9.17, 15) is 18.0 Å². The van der Waals surface area contributed by atoms with Crippen molar-refractivity contribution in [2.75, 3.05) is 26.2 Å². The van der Waals surface area contributed by atoms with Crippen molar-refractivity contribution < 1.29 is 22.4 Å². The highest BCUT2D eigenvalue weighted by Crippen LogP contribution is 2.29. The summed E-state index contributed by atoms with van der Waals surface area (Å²) in [4.78, 5) is 34.9. The van der Waals surface area contributed by atoms with E-state index < -0.39 is 22.0 Å². The van der Waals surface area contributed by atoms with Crippen LogP contribution in [0.15, 0.2) is 33.7 Å². The highest BCUT2D eigenvalue weighted by molar-refractivity contribution is 7.89. The molecule has 6 rings (SSSR count). The van der Waals surface area contributed by atoms with Crippen molar-refractivity contribution in [1.82, 2.24) is 29.8 Å². The zero-order valence-corrected chi connectivity index (χ0v) is 22.4. The number of piperazine rings is 1. The van der Waals surface area contributed by atoms with E-state index in [0.717, 1.165) is 18.5 Å². The fraction of sp³-hybridized carbons (Fsp3) is 0.480. The van der Waals surface area contributed by atoms with Crippen molar-refractivity contribution in [2.24, 2.45) is 5.92 Å². The summed E-state index contributed by atoms with van der Waals surface area (Å²) >= 11 is 6.07. The number of benzene rings is 1. The number of oxazole rings is 1. The van der Waals surface area contributed by atoms with E-state index in [0.29, 0.717) is 34.7 Å². The molecule has 3 N–H and O–H groups in total. The van der Waals surface area contributed by atoms with Gasteiger partial charge in [-0.1, -0.05) is 11.6 Å². The Bertz CT molecular complexity index is 1510. The van der Waals surface area contributed by atoms with Gasteiger partial charge < -0.3 is 24.9 Å². The fourth-order valence-corrected chi connectivity index (χ4v) is 6.74. The Morgan fingerprint density at radius 3 is 2.84 bits per heavy atom. The molecule has 2 aliphatic heterocycles. The zero-order valence-electron chi connectivity index (χ0n) is 20.9. The van der Waals surface area contributed by atoms with Gasteiger partial charge in [0.25, 0.3) is 15.9 Å². The lowest BCUT2D eigenvalue weighted by Crippen LogP contribution is -2.59. The lowest BCUT2D eigenvalue weighted by Gasteiger charge is -2.40. The van der Waals surface area contributed by atoms with Crippen molar-refractivity contribution in [2.45, 2.75) is 49.8 Å². The van der Waals surface area contributed by atoms with Gasteiger partial charge in [0.2, 0.25) is 5.91 Å². The number of aromatic nitrogens is 2. The molecule has 13 heteroatoms. The zero-order chi connectivity index (χ0) is 26.6. The molecule has 2 atom stereocenters. The summed E-state index contributed by atoms with van der Waals surface area (Å²) in [6.45, 7) is 2.92. The molecule has 38 heavy (non-hydrogen) atoms. The minimum absolute atomic E-state index is 0.00583. The monoisotopic (exact) mass is 560 g/mol. The Morgan fingerprint density at radius 1 is 1.24 bits per heavy atom. The van der Waals surface area contributed by atoms with E-state index in [1.165, 1.54) is 4.31 Å². The quantitative estimate of drug-likeness (QED) is 0.418. The molecule has 2 aromatic heterocycles. The van der Waals surface area contributed by atoms with Crippen LogP contribution in [0.1, 0.15) is 41.9 Å². The predicted molar refractivity (Wildman–Crippen MR) is 139 cm³/mol. The van der Waals surface area contributed by atoms with Crippen molar-refractivity contribution in [3.63, 3.8) is 0 Å². The van der Waals surface area contributed by atoms with Gasteiger partial charge in [0.1, 0.15) is 10.8 Å². The topological polar surface area (TPSA) is 141 Å². The fourth-order valence-electron chi connectivity index (χ4n) is 5.07. The number of halogens is 1. The lowest BCUT2D eigenvalue weighted by atomic mass is 10.1. The molecule has 1 aromatic carbocycles. The summed E-state index contributed by atoms with van der Waals surface area (Å²) in [5, 5.41) is 7.45. The number of aromatic amines is 1. The molecule has 3 aromatic rings. The number of carbonyl (C=O) groups is 2. The molecular formula is C25H29ClN6O5S. The summed E-state index contributed by atoms with van der Waals surface area (Å²) in [5.74, 6) is 0.152. The van der Waals surface area contributed by atoms with Gasteiger partial charge in [0, 0.05) is 60.5 Å². The first-order valence-corrected chi connectivity index (χ1v) is 14.6. The van der Waals surface area contributed by atoms with E-state index >= 15 is 0 Å². The van der Waals surface area contributed by atoms with Gasteiger partial charge in [-0.05, 0) is 44.0 Å². The first kappa shape index (κ1) is 25.4. The highest BCUT2D eigenvalue weighted by Gasteiger charge is 2.40. The molecule has 1 saturated carbocycles. The average molecular weight is 561 g/mol. The maximum Gasteiger partial charge on any atom is 0.310 e. The van der Waals surface area contributed by atoms with Gasteiger partial charge in [-0.3, -0.25) is 9.59 Å². The van der Waals surface area contributed by atoms with Crippen LogP contribution in [0.4, 0.5) is 0 Å². The Kier molecular flexibility index (Phi) is 6.45. The molecule has 11 nitrogen and oxygen atoms in total. The summed E-state index contributed by atoms with van der Waals surface area (Å²) in [6.07, 6.45) is 2.35. The normalized spacial score (nSPS) is 22.4. The number of nitrogens with one attached hydrogen (secondary N) is 3. The third-order valence-corrected chi connectivity index (χ3v) is 9.44. The van der Waals surface area contributed by atoms with E-state index in [2.05, 4.69) is 20.6 Å². The molecule has 2 amide bonds. The number of hydrogen-bond donors (Lipinski definition) is 3. The maximum atomic E-state index is 13.6. The summed E-state index contributed by atoms with van der Waals surface area (Å²) in [5.41, 5.74) is 1.42. The summed E-state index contributed by atoms with van der Waals surface area (Å²) < 4.78 is 34.3. The van der Waals surface area contributed by atoms with Crippen LogP contribution in [0.3, 0.4) is 0 Å². The van der Waals surface area contributed by atoms with Crippen LogP contribution in [-0.4, -0.2) is 77.7 Å². The molecule has 2 fully saturated rings. The van der Waals surface area contributed by atoms with Crippen LogP contribution in [0.2, 0.25) is 5.02 Å². The largest absolute Gasteiger partial charge is 0.436 e. The lowest BCUT2D eigenvalue weighted by molar-refractivity contribution is -0.122. The van der Waals surface area contributed by atoms with Gasteiger partial charge >= 0.3 is 5.91 Å². The number of rotatable bonds is 6. The number of H-pyrrole nitrogens is 1. The van der Waals surface area contributed by atoms with Crippen molar-refractivity contribution in [1.29, 1.82) is 0 Å². The van der Waals surface area contributed by atoms with Gasteiger partial charge in [0.05, 0.1) is 18.3 Å². The van der Waals surface area contributed by atoms with Crippen LogP contribution in [-0.2, 0) is 27.8 Å². The van der Waals surface area contributed by atoms with Crippen molar-refractivity contribution in [3.8, 4) is 0 Å². The van der Waals surface area contributed by atoms with E-state index in [-0.39, 0.29) is 55.0 Å². The van der Waals surface area contributed by atoms with Gasteiger partial charge in [0.15, 0.2) is 0 Å². The number of sulfonamides is 1. The Labute approximate surface area is 224 Å². The molecule has 0 bridgehead atoms. The highest BCUT2D eigenvalue weighted by atomic mass is 35.5. The van der Waals surface area contributed by atoms with Gasteiger partial charge in [-0.25, -0.2) is 13.4 Å². The SMILES string of the molecule is CC1Cc2nc(C(=O)N3CCN(S(=O)(=O)c4cc5cc(Cl)ccc5[nH]4)CC3CNC(=O)C3CC3)oc2CN1. The number of carbonyl (C=O) groups excluding carboxylic acids is 2. The van der Waals surface area contributed by atoms with E-state index in [4.69, 9.17) is 16.0 Å². The molecule has 202 valence electrons. The second kappa shape index (κ2) is 9.67. The van der Waals surface area contributed by atoms with Crippen LogP contribution in [0.5, 0.6) is 0 Å². The molecule has 1 aliphatic carbocycles. The first-order chi connectivity index (χ1) is 18.2. The van der Waals surface area contributed by atoms with Crippen molar-refractivity contribution in [3.05, 3.63) is 46.6 Å². The third-order valence-electron chi connectivity index (χ3n) is 7.41. The second-order valence-electron chi connectivity index (χ2n) is 10.3. The summed E-state index contributed by atoms with van der Waals surface area (Å²) in [7, 11) is -3.90. The van der Waals surface area contributed by atoms with Gasteiger partial charge in [-0.2, -0.15) is 4.31 Å². The standard InChI is InChI=1S/C25H29ClN6O5S/c1-14-8-20-21(12-27-14)37-24(30-20)25(34)32-7-6-31(13-18(32)11-28-23(33)15-2-3-15)38(35,36)22-10-16-9-17(26)4-5-19(16)29-22/h4-5,9-10,14-15,18,27,29H,2-3,6-8,11-13H2,1H3,(H,28,33). The molecule has 2 unspecified atom stereocenters. The number of fused-ring (bicyclic) bond motifs is 2. The molecule has 0 radical (unpaired) electrons. The Balaban J connectivity index is 1.24. The van der Waals surface area contributed by atoms with Crippen LogP contribution in [0.25, 0.3) is 10.9 Å². The smallest absolute Gasteiger partial charge is 0.310 e. The van der Waals surface area contributed by atoms with Crippen LogP contribution < -0.4 is 10.6 Å². The molecule has 4 heterocycles. The molecule has 1 saturated heterocycles. The van der Waals surface area contributed by atoms with Crippen LogP contribution in [0, 0.1) is 5.92 Å². The molecule has 3 aliphatic rings. The summed E-state index contributed by atoms with van der Waals surface area (Å²) in [6, 6.07) is 6.33. The Morgan fingerprint density at radius 2 is 2.05 bits per heavy atom. The third kappa shape index (κ3) is 4.81. The van der Waals surface area contributed by atoms with Gasteiger partial charge in [-0.15, -0.1) is 0 Å². The minimum atomic E-state index is -3.90.